The second-order valence-electron chi connectivity index (χ2n) is 7.38. The summed E-state index contributed by atoms with van der Waals surface area (Å²) < 4.78 is 27.8. The maximum atomic E-state index is 14.2. The SMILES string of the molecule is CCCCCCC1=[N+](Cc2ccccc2F)CCc2cc3c(cc21)OCO3. The van der Waals surface area contributed by atoms with Gasteiger partial charge in [0.25, 0.3) is 0 Å². The standard InChI is InChI=1S/C23H27FNO2/c1-2-3-4-5-10-21-19-14-23-22(26-16-27-23)13-17(19)11-12-25(21)15-18-8-6-7-9-20(18)24/h6-9,13-14H,2-5,10-12,15-16H2,1H3/q+1. The molecule has 0 aromatic heterocycles. The molecule has 2 aromatic rings. The Balaban J connectivity index is 1.68. The van der Waals surface area contributed by atoms with Gasteiger partial charge in [0.1, 0.15) is 12.4 Å². The van der Waals surface area contributed by atoms with Gasteiger partial charge >= 0.3 is 0 Å². The number of ether oxygens (including phenoxy) is 2. The van der Waals surface area contributed by atoms with Crippen molar-refractivity contribution >= 4 is 5.71 Å². The monoisotopic (exact) mass is 368 g/mol. The number of hydrogen-bond acceptors (Lipinski definition) is 2. The Bertz CT molecular complexity index is 859. The van der Waals surface area contributed by atoms with E-state index in [2.05, 4.69) is 23.6 Å². The van der Waals surface area contributed by atoms with Gasteiger partial charge in [-0.05, 0) is 36.2 Å². The quantitative estimate of drug-likeness (QED) is 0.502. The first kappa shape index (κ1) is 18.0. The van der Waals surface area contributed by atoms with Crippen LogP contribution in [0.25, 0.3) is 0 Å². The van der Waals surface area contributed by atoms with E-state index in [0.717, 1.165) is 42.9 Å². The Kier molecular flexibility index (Phi) is 5.42. The second-order valence-corrected chi connectivity index (χ2v) is 7.38. The molecule has 0 bridgehead atoms. The Labute approximate surface area is 160 Å². The van der Waals surface area contributed by atoms with E-state index in [9.17, 15) is 4.39 Å². The molecule has 2 aromatic carbocycles. The van der Waals surface area contributed by atoms with Gasteiger partial charge in [0.15, 0.2) is 23.8 Å². The van der Waals surface area contributed by atoms with Crippen LogP contribution in [0.1, 0.15) is 55.7 Å². The van der Waals surface area contributed by atoms with Gasteiger partial charge in [-0.3, -0.25) is 0 Å². The van der Waals surface area contributed by atoms with Crippen molar-refractivity contribution in [2.45, 2.75) is 52.0 Å². The predicted molar refractivity (Wildman–Crippen MR) is 104 cm³/mol. The zero-order chi connectivity index (χ0) is 18.6. The van der Waals surface area contributed by atoms with Crippen molar-refractivity contribution in [2.75, 3.05) is 13.3 Å². The van der Waals surface area contributed by atoms with Crippen LogP contribution in [0.2, 0.25) is 0 Å². The lowest BCUT2D eigenvalue weighted by atomic mass is 9.92. The lowest BCUT2D eigenvalue weighted by molar-refractivity contribution is -0.546. The molecule has 142 valence electrons. The van der Waals surface area contributed by atoms with Crippen LogP contribution in [0, 0.1) is 5.82 Å². The van der Waals surface area contributed by atoms with Crippen LogP contribution in [0.4, 0.5) is 4.39 Å². The number of fused-ring (bicyclic) bond motifs is 2. The van der Waals surface area contributed by atoms with Crippen LogP contribution in [-0.4, -0.2) is 23.6 Å². The maximum absolute atomic E-state index is 14.2. The Morgan fingerprint density at radius 1 is 1.04 bits per heavy atom. The van der Waals surface area contributed by atoms with Crippen LogP contribution in [-0.2, 0) is 13.0 Å². The largest absolute Gasteiger partial charge is 0.454 e. The molecule has 2 aliphatic heterocycles. The van der Waals surface area contributed by atoms with Crippen molar-refractivity contribution in [1.82, 2.24) is 0 Å². The van der Waals surface area contributed by atoms with E-state index in [-0.39, 0.29) is 5.82 Å². The second kappa shape index (κ2) is 8.12. The van der Waals surface area contributed by atoms with Crippen LogP contribution in [0.5, 0.6) is 11.5 Å². The van der Waals surface area contributed by atoms with Crippen molar-refractivity contribution in [3.8, 4) is 11.5 Å². The molecule has 4 rings (SSSR count). The molecule has 0 spiro atoms. The zero-order valence-electron chi connectivity index (χ0n) is 16.0. The molecule has 0 N–H and O–H groups in total. The number of unbranched alkanes of at least 4 members (excludes halogenated alkanes) is 3. The number of rotatable bonds is 7. The minimum atomic E-state index is -0.126. The third-order valence-corrected chi connectivity index (χ3v) is 5.53. The summed E-state index contributed by atoms with van der Waals surface area (Å²) in [5, 5.41) is 0. The molecule has 0 saturated carbocycles. The normalized spacial score (nSPS) is 15.2. The zero-order valence-corrected chi connectivity index (χ0v) is 16.0. The van der Waals surface area contributed by atoms with Crippen LogP contribution in [0.3, 0.4) is 0 Å². The van der Waals surface area contributed by atoms with Gasteiger partial charge in [-0.1, -0.05) is 38.3 Å². The molecule has 0 amide bonds. The molecular formula is C23H27FNO2+. The van der Waals surface area contributed by atoms with Gasteiger partial charge in [0, 0.05) is 18.4 Å². The predicted octanol–water partition coefficient (Wildman–Crippen LogP) is 5.08. The number of hydrogen-bond donors (Lipinski definition) is 0. The lowest BCUT2D eigenvalue weighted by Gasteiger charge is -2.20. The molecule has 0 saturated heterocycles. The molecule has 3 nitrogen and oxygen atoms in total. The fourth-order valence-corrected chi connectivity index (χ4v) is 4.04. The minimum Gasteiger partial charge on any atom is -0.454 e. The molecule has 0 unspecified atom stereocenters. The van der Waals surface area contributed by atoms with Crippen LogP contribution < -0.4 is 9.47 Å². The van der Waals surface area contributed by atoms with Crippen molar-refractivity contribution in [3.05, 3.63) is 58.9 Å². The Morgan fingerprint density at radius 2 is 1.85 bits per heavy atom. The summed E-state index contributed by atoms with van der Waals surface area (Å²) >= 11 is 0. The molecule has 4 heteroatoms. The summed E-state index contributed by atoms with van der Waals surface area (Å²) in [6.45, 7) is 4.05. The molecule has 0 fully saturated rings. The topological polar surface area (TPSA) is 21.5 Å². The highest BCUT2D eigenvalue weighted by atomic mass is 19.1. The van der Waals surface area contributed by atoms with Crippen molar-refractivity contribution in [2.24, 2.45) is 0 Å². The molecular weight excluding hydrogens is 341 g/mol. The molecule has 0 atom stereocenters. The summed E-state index contributed by atoms with van der Waals surface area (Å²) in [5.74, 6) is 1.55. The summed E-state index contributed by atoms with van der Waals surface area (Å²) in [6, 6.07) is 11.4. The summed E-state index contributed by atoms with van der Waals surface area (Å²) in [7, 11) is 0. The first-order chi connectivity index (χ1) is 13.3. The number of halogens is 1. The highest BCUT2D eigenvalue weighted by Gasteiger charge is 2.29. The summed E-state index contributed by atoms with van der Waals surface area (Å²) in [5.41, 5.74) is 4.63. The average Bonchev–Trinajstić information content (AvgIpc) is 3.14. The third-order valence-electron chi connectivity index (χ3n) is 5.53. The van der Waals surface area contributed by atoms with Gasteiger partial charge < -0.3 is 9.47 Å². The van der Waals surface area contributed by atoms with E-state index < -0.39 is 0 Å². The third kappa shape index (κ3) is 3.85. The summed E-state index contributed by atoms with van der Waals surface area (Å²) in [4.78, 5) is 0. The smallest absolute Gasteiger partial charge is 0.231 e. The van der Waals surface area contributed by atoms with Gasteiger partial charge in [-0.25, -0.2) is 8.97 Å². The maximum Gasteiger partial charge on any atom is 0.231 e. The fraction of sp³-hybridized carbons (Fsp3) is 0.435. The van der Waals surface area contributed by atoms with E-state index in [4.69, 9.17) is 9.47 Å². The lowest BCUT2D eigenvalue weighted by Crippen LogP contribution is -2.30. The Hall–Kier alpha value is -2.36. The first-order valence-corrected chi connectivity index (χ1v) is 10.0. The van der Waals surface area contributed by atoms with Crippen molar-refractivity contribution < 1.29 is 18.4 Å². The van der Waals surface area contributed by atoms with E-state index >= 15 is 0 Å². The van der Waals surface area contributed by atoms with Crippen LogP contribution >= 0.6 is 0 Å². The highest BCUT2D eigenvalue weighted by Crippen LogP contribution is 2.37. The highest BCUT2D eigenvalue weighted by molar-refractivity contribution is 5.99. The molecule has 2 heterocycles. The molecule has 0 radical (unpaired) electrons. The number of nitrogens with zero attached hydrogens (tertiary/aromatic N) is 1. The molecule has 27 heavy (non-hydrogen) atoms. The van der Waals surface area contributed by atoms with Crippen molar-refractivity contribution in [3.63, 3.8) is 0 Å². The minimum absolute atomic E-state index is 0.126. The van der Waals surface area contributed by atoms with E-state index in [1.807, 2.05) is 12.1 Å². The van der Waals surface area contributed by atoms with Gasteiger partial charge in [0.05, 0.1) is 5.56 Å². The van der Waals surface area contributed by atoms with Crippen LogP contribution in [0.15, 0.2) is 36.4 Å². The molecule has 0 aliphatic carbocycles. The van der Waals surface area contributed by atoms with Gasteiger partial charge in [-0.2, -0.15) is 0 Å². The van der Waals surface area contributed by atoms with Gasteiger partial charge in [0.2, 0.25) is 6.79 Å². The fourth-order valence-electron chi connectivity index (χ4n) is 4.04. The van der Waals surface area contributed by atoms with E-state index in [1.165, 1.54) is 36.1 Å². The summed E-state index contributed by atoms with van der Waals surface area (Å²) in [6.07, 6.45) is 6.83. The number of benzene rings is 2. The van der Waals surface area contributed by atoms with Crippen molar-refractivity contribution in [1.29, 1.82) is 0 Å². The Morgan fingerprint density at radius 3 is 2.67 bits per heavy atom. The molecule has 2 aliphatic rings. The van der Waals surface area contributed by atoms with E-state index in [0.29, 0.717) is 13.3 Å². The van der Waals surface area contributed by atoms with Gasteiger partial charge in [-0.15, -0.1) is 0 Å². The average molecular weight is 368 g/mol. The first-order valence-electron chi connectivity index (χ1n) is 10.0. The van der Waals surface area contributed by atoms with E-state index in [1.54, 1.807) is 12.1 Å².